The molecule has 1 aromatic heterocycles. The Morgan fingerprint density at radius 3 is 2.36 bits per heavy atom. The molecule has 6 heteroatoms. The Morgan fingerprint density at radius 2 is 1.76 bits per heavy atom. The Hall–Kier alpha value is -3.17. The van der Waals surface area contributed by atoms with Gasteiger partial charge in [0.1, 0.15) is 0 Å². The fourth-order valence-electron chi connectivity index (χ4n) is 5.46. The third-order valence-corrected chi connectivity index (χ3v) is 7.54. The van der Waals surface area contributed by atoms with Crippen molar-refractivity contribution < 1.29 is 0 Å². The third kappa shape index (κ3) is 4.14. The number of rotatable bonds is 3. The number of allylic oxidation sites excluding steroid dienone is 4. The monoisotopic (exact) mass is 441 g/mol. The first kappa shape index (κ1) is 21.7. The highest BCUT2D eigenvalue weighted by molar-refractivity contribution is 5.79. The standard InChI is InChI=1S/C27H31N5O/c1-18-3-7-21(8-4-18)25-24(20-9-5-19(15-28)6-10-20)30-26(27(33)31(25)2)32-13-11-22-16-29-17-23(22)12-14-32/h3,5-7,9-10,22-23,29H,4,8,11-14,16-17H2,1-2H3. The van der Waals surface area contributed by atoms with Crippen molar-refractivity contribution in [3.63, 3.8) is 0 Å². The number of benzene rings is 1. The number of aromatic nitrogens is 2. The smallest absolute Gasteiger partial charge is 0.293 e. The van der Waals surface area contributed by atoms with Crippen LogP contribution in [0, 0.1) is 23.2 Å². The van der Waals surface area contributed by atoms with E-state index in [9.17, 15) is 10.1 Å². The van der Waals surface area contributed by atoms with E-state index in [4.69, 9.17) is 4.98 Å². The lowest BCUT2D eigenvalue weighted by atomic mass is 9.92. The molecule has 2 saturated heterocycles. The van der Waals surface area contributed by atoms with Crippen LogP contribution in [-0.4, -0.2) is 35.7 Å². The summed E-state index contributed by atoms with van der Waals surface area (Å²) in [5, 5.41) is 12.8. The average molecular weight is 442 g/mol. The number of hydrogen-bond donors (Lipinski definition) is 1. The van der Waals surface area contributed by atoms with E-state index in [1.807, 2.05) is 31.3 Å². The molecule has 0 amide bonds. The van der Waals surface area contributed by atoms with Crippen LogP contribution in [0.15, 0.2) is 46.8 Å². The SMILES string of the molecule is CC1=CC=C(c2c(-c3ccc(C#N)cc3)nc(N3CCC4CNCC4CC3)c(=O)n2C)CC1. The molecular formula is C27H31N5O. The van der Waals surface area contributed by atoms with Crippen LogP contribution in [0.4, 0.5) is 5.82 Å². The van der Waals surface area contributed by atoms with Gasteiger partial charge in [-0.3, -0.25) is 4.79 Å². The van der Waals surface area contributed by atoms with Gasteiger partial charge in [-0.2, -0.15) is 5.26 Å². The second kappa shape index (κ2) is 8.99. The second-order valence-electron chi connectivity index (χ2n) is 9.63. The Balaban J connectivity index is 1.62. The van der Waals surface area contributed by atoms with Crippen LogP contribution in [-0.2, 0) is 7.05 Å². The highest BCUT2D eigenvalue weighted by Gasteiger charge is 2.32. The minimum absolute atomic E-state index is 0.0280. The fourth-order valence-corrected chi connectivity index (χ4v) is 5.46. The Labute approximate surface area is 195 Å². The summed E-state index contributed by atoms with van der Waals surface area (Å²) in [5.74, 6) is 1.94. The molecule has 3 heterocycles. The summed E-state index contributed by atoms with van der Waals surface area (Å²) in [6, 6.07) is 9.73. The molecule has 2 aromatic rings. The first-order chi connectivity index (χ1) is 16.0. The highest BCUT2D eigenvalue weighted by atomic mass is 16.1. The summed E-state index contributed by atoms with van der Waals surface area (Å²) in [5.41, 5.74) is 5.71. The van der Waals surface area contributed by atoms with Gasteiger partial charge in [-0.15, -0.1) is 0 Å². The van der Waals surface area contributed by atoms with Crippen molar-refractivity contribution in [3.05, 3.63) is 63.6 Å². The number of fused-ring (bicyclic) bond motifs is 1. The van der Waals surface area contributed by atoms with Crippen molar-refractivity contribution in [2.45, 2.75) is 32.6 Å². The first-order valence-corrected chi connectivity index (χ1v) is 12.0. The molecule has 0 bridgehead atoms. The number of nitrogens with one attached hydrogen (secondary N) is 1. The summed E-state index contributed by atoms with van der Waals surface area (Å²) in [7, 11) is 1.87. The van der Waals surface area contributed by atoms with Gasteiger partial charge in [0, 0.05) is 25.7 Å². The van der Waals surface area contributed by atoms with Crippen LogP contribution >= 0.6 is 0 Å². The Bertz CT molecular complexity index is 1200. The molecule has 0 radical (unpaired) electrons. The van der Waals surface area contributed by atoms with E-state index in [2.05, 4.69) is 35.4 Å². The van der Waals surface area contributed by atoms with Crippen molar-refractivity contribution >= 4 is 11.4 Å². The molecule has 1 aromatic carbocycles. The van der Waals surface area contributed by atoms with E-state index in [0.717, 1.165) is 74.4 Å². The fraction of sp³-hybridized carbons (Fsp3) is 0.444. The zero-order valence-electron chi connectivity index (χ0n) is 19.5. The van der Waals surface area contributed by atoms with Crippen LogP contribution < -0.4 is 15.8 Å². The molecule has 0 saturated carbocycles. The molecule has 1 aliphatic carbocycles. The van der Waals surface area contributed by atoms with E-state index >= 15 is 0 Å². The van der Waals surface area contributed by atoms with Crippen molar-refractivity contribution in [2.75, 3.05) is 31.1 Å². The van der Waals surface area contributed by atoms with Crippen LogP contribution in [0.25, 0.3) is 16.8 Å². The number of nitriles is 1. The molecule has 2 aliphatic heterocycles. The van der Waals surface area contributed by atoms with Gasteiger partial charge in [-0.25, -0.2) is 4.98 Å². The van der Waals surface area contributed by atoms with E-state index < -0.39 is 0 Å². The number of nitrogens with zero attached hydrogens (tertiary/aromatic N) is 4. The average Bonchev–Trinajstić information content (AvgIpc) is 3.20. The van der Waals surface area contributed by atoms with E-state index in [1.165, 1.54) is 5.57 Å². The quantitative estimate of drug-likeness (QED) is 0.783. The maximum atomic E-state index is 13.6. The molecule has 3 aliphatic rings. The molecule has 2 atom stereocenters. The van der Waals surface area contributed by atoms with Crippen LogP contribution in [0.1, 0.15) is 43.9 Å². The molecule has 170 valence electrons. The van der Waals surface area contributed by atoms with Crippen molar-refractivity contribution in [1.82, 2.24) is 14.9 Å². The summed E-state index contributed by atoms with van der Waals surface area (Å²) in [6.07, 6.45) is 8.32. The van der Waals surface area contributed by atoms with E-state index in [1.54, 1.807) is 4.57 Å². The van der Waals surface area contributed by atoms with E-state index in [-0.39, 0.29) is 5.56 Å². The predicted octanol–water partition coefficient (Wildman–Crippen LogP) is 3.88. The summed E-state index contributed by atoms with van der Waals surface area (Å²) in [6.45, 7) is 6.03. The molecular weight excluding hydrogens is 410 g/mol. The number of anilines is 1. The molecule has 2 fully saturated rings. The second-order valence-corrected chi connectivity index (χ2v) is 9.63. The molecule has 2 unspecified atom stereocenters. The zero-order valence-corrected chi connectivity index (χ0v) is 19.5. The highest BCUT2D eigenvalue weighted by Crippen LogP contribution is 2.34. The lowest BCUT2D eigenvalue weighted by Crippen LogP contribution is -2.35. The van der Waals surface area contributed by atoms with Crippen LogP contribution in [0.5, 0.6) is 0 Å². The molecule has 1 N–H and O–H groups in total. The predicted molar refractivity (Wildman–Crippen MR) is 132 cm³/mol. The molecule has 0 spiro atoms. The van der Waals surface area contributed by atoms with Crippen LogP contribution in [0.3, 0.4) is 0 Å². The summed E-state index contributed by atoms with van der Waals surface area (Å²) >= 11 is 0. The van der Waals surface area contributed by atoms with Gasteiger partial charge in [-0.1, -0.05) is 29.9 Å². The maximum Gasteiger partial charge on any atom is 0.293 e. The molecule has 5 rings (SSSR count). The van der Waals surface area contributed by atoms with Gasteiger partial charge in [-0.05, 0) is 75.2 Å². The summed E-state index contributed by atoms with van der Waals surface area (Å²) in [4.78, 5) is 20.8. The third-order valence-electron chi connectivity index (χ3n) is 7.54. The normalized spacial score (nSPS) is 22.8. The Morgan fingerprint density at radius 1 is 1.06 bits per heavy atom. The maximum absolute atomic E-state index is 13.6. The van der Waals surface area contributed by atoms with Gasteiger partial charge in [0.15, 0.2) is 5.82 Å². The Kier molecular flexibility index (Phi) is 5.90. The van der Waals surface area contributed by atoms with Gasteiger partial charge in [0.05, 0.1) is 23.0 Å². The minimum Gasteiger partial charge on any atom is -0.352 e. The molecule has 6 nitrogen and oxygen atoms in total. The zero-order chi connectivity index (χ0) is 22.9. The van der Waals surface area contributed by atoms with Gasteiger partial charge >= 0.3 is 0 Å². The first-order valence-electron chi connectivity index (χ1n) is 12.0. The number of hydrogen-bond acceptors (Lipinski definition) is 5. The molecule has 33 heavy (non-hydrogen) atoms. The lowest BCUT2D eigenvalue weighted by molar-refractivity contribution is 0.409. The lowest BCUT2D eigenvalue weighted by Gasteiger charge is -2.25. The van der Waals surface area contributed by atoms with Gasteiger partial charge in [0.2, 0.25) is 0 Å². The summed E-state index contributed by atoms with van der Waals surface area (Å²) < 4.78 is 1.80. The van der Waals surface area contributed by atoms with Gasteiger partial charge < -0.3 is 14.8 Å². The van der Waals surface area contributed by atoms with Crippen LogP contribution in [0.2, 0.25) is 0 Å². The van der Waals surface area contributed by atoms with Crippen molar-refractivity contribution in [3.8, 4) is 17.3 Å². The topological polar surface area (TPSA) is 74.0 Å². The van der Waals surface area contributed by atoms with Crippen molar-refractivity contribution in [2.24, 2.45) is 18.9 Å². The van der Waals surface area contributed by atoms with Crippen molar-refractivity contribution in [1.29, 1.82) is 5.26 Å². The van der Waals surface area contributed by atoms with Gasteiger partial charge in [0.25, 0.3) is 5.56 Å². The minimum atomic E-state index is -0.0280. The largest absolute Gasteiger partial charge is 0.352 e. The van der Waals surface area contributed by atoms with E-state index in [0.29, 0.717) is 23.2 Å².